The Balaban J connectivity index is 3.99. The molecule has 0 aromatic heterocycles. The second-order valence-corrected chi connectivity index (χ2v) is 2.59. The third-order valence-electron chi connectivity index (χ3n) is 1.62. The van der Waals surface area contributed by atoms with Crippen molar-refractivity contribution in [1.29, 1.82) is 0 Å². The molecule has 0 spiro atoms. The van der Waals surface area contributed by atoms with Gasteiger partial charge in [-0.25, -0.2) is 0 Å². The lowest BCUT2D eigenvalue weighted by Gasteiger charge is -2.24. The van der Waals surface area contributed by atoms with E-state index in [1.165, 1.54) is 0 Å². The maximum atomic E-state index is 9.09. The number of aliphatic hydroxyl groups excluding tert-OH is 4. The summed E-state index contributed by atoms with van der Waals surface area (Å²) < 4.78 is 0. The first-order valence-electron chi connectivity index (χ1n) is 3.67. The topological polar surface area (TPSA) is 133 Å². The second-order valence-electron chi connectivity index (χ2n) is 2.59. The summed E-state index contributed by atoms with van der Waals surface area (Å²) in [5, 5.41) is 36.1. The SMILES string of the molecule is NCC(O)C(O)C(O)C(O)CN. The molecule has 0 heterocycles. The van der Waals surface area contributed by atoms with Crippen LogP contribution in [0.3, 0.4) is 0 Å². The van der Waals surface area contributed by atoms with Crippen LogP contribution in [-0.2, 0) is 0 Å². The van der Waals surface area contributed by atoms with E-state index in [0.29, 0.717) is 0 Å². The van der Waals surface area contributed by atoms with Crippen LogP contribution < -0.4 is 11.5 Å². The molecule has 0 saturated carbocycles. The lowest BCUT2D eigenvalue weighted by Crippen LogP contribution is -2.49. The fraction of sp³-hybridized carbons (Fsp3) is 1.00. The molecule has 0 saturated heterocycles. The zero-order valence-electron chi connectivity index (χ0n) is 6.67. The number of nitrogens with two attached hydrogens (primary N) is 2. The van der Waals surface area contributed by atoms with E-state index >= 15 is 0 Å². The molecule has 0 fully saturated rings. The molecule has 6 nitrogen and oxygen atoms in total. The van der Waals surface area contributed by atoms with Gasteiger partial charge in [-0.05, 0) is 0 Å². The molecule has 12 heavy (non-hydrogen) atoms. The highest BCUT2D eigenvalue weighted by molar-refractivity contribution is 4.81. The van der Waals surface area contributed by atoms with Gasteiger partial charge in [-0.3, -0.25) is 0 Å². The molecule has 4 unspecified atom stereocenters. The van der Waals surface area contributed by atoms with E-state index in [9.17, 15) is 0 Å². The summed E-state index contributed by atoms with van der Waals surface area (Å²) in [6.07, 6.45) is -5.43. The molecular weight excluding hydrogens is 164 g/mol. The number of aliphatic hydroxyl groups is 4. The molecule has 6 heteroatoms. The summed E-state index contributed by atoms with van der Waals surface area (Å²) in [6.45, 7) is -0.370. The predicted molar refractivity (Wildman–Crippen MR) is 42.1 cm³/mol. The van der Waals surface area contributed by atoms with Gasteiger partial charge in [0.2, 0.25) is 0 Å². The summed E-state index contributed by atoms with van der Waals surface area (Å²) >= 11 is 0. The van der Waals surface area contributed by atoms with Crippen molar-refractivity contribution in [1.82, 2.24) is 0 Å². The summed E-state index contributed by atoms with van der Waals surface area (Å²) in [6, 6.07) is 0. The minimum Gasteiger partial charge on any atom is -0.389 e. The van der Waals surface area contributed by atoms with Crippen LogP contribution in [0.2, 0.25) is 0 Å². The van der Waals surface area contributed by atoms with Crippen molar-refractivity contribution in [2.45, 2.75) is 24.4 Å². The smallest absolute Gasteiger partial charge is 0.110 e. The van der Waals surface area contributed by atoms with Crippen LogP contribution in [0, 0.1) is 0 Å². The van der Waals surface area contributed by atoms with Gasteiger partial charge in [0.25, 0.3) is 0 Å². The van der Waals surface area contributed by atoms with Crippen molar-refractivity contribution in [3.05, 3.63) is 0 Å². The van der Waals surface area contributed by atoms with E-state index in [-0.39, 0.29) is 13.1 Å². The normalized spacial score (nSPS) is 21.5. The van der Waals surface area contributed by atoms with Crippen LogP contribution >= 0.6 is 0 Å². The molecule has 0 amide bonds. The van der Waals surface area contributed by atoms with Gasteiger partial charge in [0, 0.05) is 13.1 Å². The van der Waals surface area contributed by atoms with Gasteiger partial charge in [0.05, 0.1) is 12.2 Å². The molecule has 0 aliphatic heterocycles. The quantitative estimate of drug-likeness (QED) is 0.258. The van der Waals surface area contributed by atoms with Gasteiger partial charge in [-0.15, -0.1) is 0 Å². The summed E-state index contributed by atoms with van der Waals surface area (Å²) in [7, 11) is 0. The lowest BCUT2D eigenvalue weighted by molar-refractivity contribution is -0.0990. The monoisotopic (exact) mass is 180 g/mol. The maximum absolute atomic E-state index is 9.09. The predicted octanol–water partition coefficient (Wildman–Crippen LogP) is -3.65. The minimum absolute atomic E-state index is 0.185. The van der Waals surface area contributed by atoms with Crippen molar-refractivity contribution in [3.63, 3.8) is 0 Å². The van der Waals surface area contributed by atoms with Crippen molar-refractivity contribution in [2.75, 3.05) is 13.1 Å². The van der Waals surface area contributed by atoms with Gasteiger partial charge in [-0.1, -0.05) is 0 Å². The zero-order valence-corrected chi connectivity index (χ0v) is 6.67. The van der Waals surface area contributed by atoms with E-state index < -0.39 is 24.4 Å². The largest absolute Gasteiger partial charge is 0.389 e. The van der Waals surface area contributed by atoms with Crippen LogP contribution in [0.4, 0.5) is 0 Å². The molecule has 0 aliphatic carbocycles. The molecule has 0 bridgehead atoms. The maximum Gasteiger partial charge on any atom is 0.110 e. The molecular formula is C6H16N2O4. The Morgan fingerprint density at radius 2 is 1.00 bits per heavy atom. The Morgan fingerprint density at radius 3 is 1.17 bits per heavy atom. The van der Waals surface area contributed by atoms with Crippen LogP contribution in [0.5, 0.6) is 0 Å². The number of hydrogen-bond donors (Lipinski definition) is 6. The summed E-state index contributed by atoms with van der Waals surface area (Å²) in [5.74, 6) is 0. The number of hydrogen-bond acceptors (Lipinski definition) is 6. The standard InChI is InChI=1S/C6H16N2O4/c7-1-3(9)5(11)6(12)4(10)2-8/h3-6,9-12H,1-2,7-8H2. The van der Waals surface area contributed by atoms with Gasteiger partial charge in [0.1, 0.15) is 12.2 Å². The van der Waals surface area contributed by atoms with E-state index in [4.69, 9.17) is 31.9 Å². The minimum atomic E-state index is -1.46. The molecule has 0 aromatic rings. The first-order valence-corrected chi connectivity index (χ1v) is 3.67. The van der Waals surface area contributed by atoms with Gasteiger partial charge in [-0.2, -0.15) is 0 Å². The second kappa shape index (κ2) is 5.41. The zero-order chi connectivity index (χ0) is 9.72. The fourth-order valence-corrected chi connectivity index (χ4v) is 0.734. The summed E-state index contributed by atoms with van der Waals surface area (Å²) in [4.78, 5) is 0. The highest BCUT2D eigenvalue weighted by atomic mass is 16.4. The molecule has 4 atom stereocenters. The van der Waals surface area contributed by atoms with E-state index in [2.05, 4.69) is 0 Å². The Kier molecular flexibility index (Phi) is 5.31. The average molecular weight is 180 g/mol. The van der Waals surface area contributed by atoms with Crippen LogP contribution in [0.1, 0.15) is 0 Å². The fourth-order valence-electron chi connectivity index (χ4n) is 0.734. The molecule has 0 aliphatic rings. The first-order chi connectivity index (χ1) is 5.54. The van der Waals surface area contributed by atoms with Crippen molar-refractivity contribution in [3.8, 4) is 0 Å². The Bertz CT molecular complexity index is 110. The Morgan fingerprint density at radius 1 is 0.750 bits per heavy atom. The van der Waals surface area contributed by atoms with Gasteiger partial charge >= 0.3 is 0 Å². The Labute approximate surface area is 70.4 Å². The van der Waals surface area contributed by atoms with Crippen LogP contribution in [0.15, 0.2) is 0 Å². The van der Waals surface area contributed by atoms with Crippen LogP contribution in [0.25, 0.3) is 0 Å². The molecule has 8 N–H and O–H groups in total. The molecule has 0 rings (SSSR count). The van der Waals surface area contributed by atoms with E-state index in [1.54, 1.807) is 0 Å². The molecule has 74 valence electrons. The highest BCUT2D eigenvalue weighted by Gasteiger charge is 2.28. The van der Waals surface area contributed by atoms with E-state index in [0.717, 1.165) is 0 Å². The lowest BCUT2D eigenvalue weighted by atomic mass is 10.0. The van der Waals surface area contributed by atoms with Crippen molar-refractivity contribution < 1.29 is 20.4 Å². The van der Waals surface area contributed by atoms with Crippen LogP contribution in [-0.4, -0.2) is 57.9 Å². The first kappa shape index (κ1) is 11.8. The Hall–Kier alpha value is -0.240. The highest BCUT2D eigenvalue weighted by Crippen LogP contribution is 2.03. The van der Waals surface area contributed by atoms with Gasteiger partial charge < -0.3 is 31.9 Å². The number of rotatable bonds is 5. The molecule has 0 radical (unpaired) electrons. The summed E-state index contributed by atoms with van der Waals surface area (Å²) in [5.41, 5.74) is 10.0. The van der Waals surface area contributed by atoms with Crippen molar-refractivity contribution in [2.24, 2.45) is 11.5 Å². The van der Waals surface area contributed by atoms with Gasteiger partial charge in [0.15, 0.2) is 0 Å². The molecule has 0 aromatic carbocycles. The third-order valence-corrected chi connectivity index (χ3v) is 1.62. The van der Waals surface area contributed by atoms with Crippen molar-refractivity contribution >= 4 is 0 Å². The third kappa shape index (κ3) is 3.02. The average Bonchev–Trinajstić information content (AvgIpc) is 2.12. The van der Waals surface area contributed by atoms with E-state index in [1.807, 2.05) is 0 Å².